The van der Waals surface area contributed by atoms with Crippen LogP contribution in [0, 0.1) is 0 Å². The fourth-order valence-corrected chi connectivity index (χ4v) is 6.55. The highest BCUT2D eigenvalue weighted by Crippen LogP contribution is 2.48. The van der Waals surface area contributed by atoms with Crippen molar-refractivity contribution in [2.24, 2.45) is 0 Å². The summed E-state index contributed by atoms with van der Waals surface area (Å²) in [6.07, 6.45) is 2.15. The molecule has 0 aliphatic carbocycles. The van der Waals surface area contributed by atoms with Gasteiger partial charge in [-0.1, -0.05) is 51.1 Å². The zero-order valence-electron chi connectivity index (χ0n) is 10.8. The van der Waals surface area contributed by atoms with E-state index in [2.05, 4.69) is 31.3 Å². The summed E-state index contributed by atoms with van der Waals surface area (Å²) in [5.41, 5.74) is 0. The normalized spacial score (nSPS) is 16.0. The SMILES string of the molecule is CCP(CC)(=C1CC(=O)NC1=O)c1ccccc1. The van der Waals surface area contributed by atoms with E-state index in [9.17, 15) is 9.59 Å². The number of rotatable bonds is 3. The van der Waals surface area contributed by atoms with Crippen molar-refractivity contribution < 1.29 is 9.59 Å². The molecule has 2 amide bonds. The summed E-state index contributed by atoms with van der Waals surface area (Å²) in [5, 5.41) is 4.48. The van der Waals surface area contributed by atoms with Gasteiger partial charge in [-0.25, -0.2) is 0 Å². The Balaban J connectivity index is 2.68. The van der Waals surface area contributed by atoms with E-state index in [0.29, 0.717) is 0 Å². The standard InChI is InChI=1S/C14H18NO2P/c1-3-18(4-2,11-8-6-5-7-9-11)12-10-13(16)15-14(12)17/h5-9H,3-4,10H2,1-2H3,(H,15,16,17). The fraction of sp³-hybridized carbons (Fsp3) is 0.357. The lowest BCUT2D eigenvalue weighted by atomic mass is 10.4. The van der Waals surface area contributed by atoms with Gasteiger partial charge in [-0.2, -0.15) is 0 Å². The van der Waals surface area contributed by atoms with Crippen LogP contribution in [0.2, 0.25) is 0 Å². The van der Waals surface area contributed by atoms with Crippen molar-refractivity contribution in [3.05, 3.63) is 30.3 Å². The Bertz CT molecular complexity index is 526. The van der Waals surface area contributed by atoms with Crippen molar-refractivity contribution in [1.29, 1.82) is 0 Å². The number of carbonyl (C=O) groups excluding carboxylic acids is 2. The van der Waals surface area contributed by atoms with Crippen molar-refractivity contribution in [3.63, 3.8) is 0 Å². The first-order chi connectivity index (χ1) is 8.64. The summed E-state index contributed by atoms with van der Waals surface area (Å²) in [5.74, 6) is -0.307. The Hall–Kier alpha value is -1.34. The van der Waals surface area contributed by atoms with E-state index in [0.717, 1.165) is 17.6 Å². The highest BCUT2D eigenvalue weighted by atomic mass is 31.2. The monoisotopic (exact) mass is 263 g/mol. The maximum Gasteiger partial charge on any atom is 0.254 e. The van der Waals surface area contributed by atoms with Crippen LogP contribution >= 0.6 is 6.89 Å². The Kier molecular flexibility index (Phi) is 3.72. The van der Waals surface area contributed by atoms with Crippen LogP contribution in [0.3, 0.4) is 0 Å². The maximum atomic E-state index is 12.0. The number of benzene rings is 1. The van der Waals surface area contributed by atoms with Gasteiger partial charge in [0.2, 0.25) is 5.91 Å². The molecule has 0 bridgehead atoms. The average Bonchev–Trinajstić information content (AvgIpc) is 2.73. The third-order valence-corrected chi connectivity index (χ3v) is 8.53. The number of amides is 2. The lowest BCUT2D eigenvalue weighted by molar-refractivity contribution is -0.123. The lowest BCUT2D eigenvalue weighted by Crippen LogP contribution is -2.25. The van der Waals surface area contributed by atoms with Gasteiger partial charge < -0.3 is 0 Å². The van der Waals surface area contributed by atoms with E-state index in [1.54, 1.807) is 0 Å². The van der Waals surface area contributed by atoms with Crippen LogP contribution in [0.4, 0.5) is 0 Å². The van der Waals surface area contributed by atoms with Gasteiger partial charge in [-0.05, 0) is 17.6 Å². The molecule has 0 spiro atoms. The Labute approximate surface area is 108 Å². The van der Waals surface area contributed by atoms with E-state index in [1.807, 2.05) is 18.2 Å². The molecule has 2 rings (SSSR count). The summed E-state index contributed by atoms with van der Waals surface area (Å²) in [6, 6.07) is 10.2. The van der Waals surface area contributed by atoms with Crippen LogP contribution in [0.1, 0.15) is 20.3 Å². The zero-order valence-corrected chi connectivity index (χ0v) is 11.7. The summed E-state index contributed by atoms with van der Waals surface area (Å²) in [6.45, 7) is 2.57. The summed E-state index contributed by atoms with van der Waals surface area (Å²) in [4.78, 5) is 23.4. The molecule has 0 unspecified atom stereocenters. The Morgan fingerprint density at radius 1 is 1.11 bits per heavy atom. The van der Waals surface area contributed by atoms with Gasteiger partial charge in [0.25, 0.3) is 5.91 Å². The second kappa shape index (κ2) is 5.11. The number of hydrogen-bond donors (Lipinski definition) is 1. The van der Waals surface area contributed by atoms with Crippen LogP contribution < -0.4 is 10.6 Å². The predicted molar refractivity (Wildman–Crippen MR) is 76.9 cm³/mol. The summed E-state index contributed by atoms with van der Waals surface area (Å²) in [7, 11) is 0. The van der Waals surface area contributed by atoms with E-state index < -0.39 is 6.89 Å². The molecule has 1 fully saturated rings. The molecule has 0 radical (unpaired) electrons. The molecule has 1 heterocycles. The lowest BCUT2D eigenvalue weighted by Gasteiger charge is -2.26. The van der Waals surface area contributed by atoms with Crippen LogP contribution in [-0.4, -0.2) is 29.4 Å². The van der Waals surface area contributed by atoms with Crippen LogP contribution in [0.5, 0.6) is 0 Å². The van der Waals surface area contributed by atoms with E-state index in [1.165, 1.54) is 5.30 Å². The average molecular weight is 263 g/mol. The number of carbonyl (C=O) groups is 2. The van der Waals surface area contributed by atoms with Crippen LogP contribution in [0.25, 0.3) is 0 Å². The zero-order chi connectivity index (χ0) is 13.2. The molecule has 0 aromatic heterocycles. The minimum absolute atomic E-state index is 0.152. The van der Waals surface area contributed by atoms with E-state index in [4.69, 9.17) is 0 Å². The van der Waals surface area contributed by atoms with Gasteiger partial charge in [-0.15, -0.1) is 0 Å². The third kappa shape index (κ3) is 2.04. The molecule has 1 aliphatic heterocycles. The first-order valence-corrected chi connectivity index (χ1v) is 8.43. The van der Waals surface area contributed by atoms with Gasteiger partial charge in [0.05, 0.1) is 6.42 Å². The molecule has 1 N–H and O–H groups in total. The number of hydrogen-bond acceptors (Lipinski definition) is 2. The highest BCUT2D eigenvalue weighted by molar-refractivity contribution is 7.84. The molecule has 96 valence electrons. The third-order valence-electron chi connectivity index (χ3n) is 3.69. The van der Waals surface area contributed by atoms with Crippen molar-refractivity contribution >= 4 is 29.3 Å². The molecule has 0 atom stereocenters. The van der Waals surface area contributed by atoms with Gasteiger partial charge in [-0.3, -0.25) is 14.9 Å². The van der Waals surface area contributed by atoms with Crippen LogP contribution in [-0.2, 0) is 9.59 Å². The van der Waals surface area contributed by atoms with Crippen molar-refractivity contribution in [2.75, 3.05) is 12.3 Å². The molecular weight excluding hydrogens is 245 g/mol. The smallest absolute Gasteiger partial charge is 0.254 e. The molecule has 1 aliphatic rings. The fourth-order valence-electron chi connectivity index (χ4n) is 2.66. The first kappa shape index (κ1) is 13.1. The highest BCUT2D eigenvalue weighted by Gasteiger charge is 2.33. The van der Waals surface area contributed by atoms with Crippen molar-refractivity contribution in [2.45, 2.75) is 20.3 Å². The van der Waals surface area contributed by atoms with Crippen molar-refractivity contribution in [1.82, 2.24) is 5.32 Å². The summed E-state index contributed by atoms with van der Waals surface area (Å²) < 4.78 is 0. The molecule has 1 aromatic carbocycles. The minimum Gasteiger partial charge on any atom is -0.292 e. The second-order valence-electron chi connectivity index (χ2n) is 4.44. The van der Waals surface area contributed by atoms with Crippen molar-refractivity contribution in [3.8, 4) is 0 Å². The van der Waals surface area contributed by atoms with Gasteiger partial charge in [0.15, 0.2) is 0 Å². The first-order valence-electron chi connectivity index (χ1n) is 6.27. The molecule has 18 heavy (non-hydrogen) atoms. The number of nitrogens with one attached hydrogen (secondary N) is 1. The predicted octanol–water partition coefficient (Wildman–Crippen LogP) is 1.59. The van der Waals surface area contributed by atoms with Gasteiger partial charge in [0.1, 0.15) is 0 Å². The molecule has 1 saturated heterocycles. The molecule has 4 heteroatoms. The Morgan fingerprint density at radius 2 is 1.72 bits per heavy atom. The Morgan fingerprint density at radius 3 is 2.17 bits per heavy atom. The molecule has 3 nitrogen and oxygen atoms in total. The summed E-state index contributed by atoms with van der Waals surface area (Å²) >= 11 is 0. The largest absolute Gasteiger partial charge is 0.292 e. The quantitative estimate of drug-likeness (QED) is 0.665. The minimum atomic E-state index is -1.67. The maximum absolute atomic E-state index is 12.0. The van der Waals surface area contributed by atoms with Gasteiger partial charge in [0, 0.05) is 5.29 Å². The molecule has 1 aromatic rings. The van der Waals surface area contributed by atoms with E-state index in [-0.39, 0.29) is 18.2 Å². The molecule has 0 saturated carbocycles. The van der Waals surface area contributed by atoms with E-state index >= 15 is 0 Å². The second-order valence-corrected chi connectivity index (χ2v) is 8.69. The molecular formula is C14H18NO2P. The number of imide groups is 1. The topological polar surface area (TPSA) is 46.2 Å². The van der Waals surface area contributed by atoms with Crippen LogP contribution in [0.15, 0.2) is 30.3 Å². The van der Waals surface area contributed by atoms with Gasteiger partial charge >= 0.3 is 0 Å².